The molecule has 8 heteroatoms. The average Bonchev–Trinajstić information content (AvgIpc) is 3.16. The van der Waals surface area contributed by atoms with Crippen LogP contribution in [0.2, 0.25) is 0 Å². The Hall–Kier alpha value is -2.48. The van der Waals surface area contributed by atoms with Gasteiger partial charge in [0.2, 0.25) is 15.0 Å². The van der Waals surface area contributed by atoms with Crippen LogP contribution >= 0.6 is 0 Å². The van der Waals surface area contributed by atoms with E-state index in [4.69, 9.17) is 0 Å². The maximum atomic E-state index is 12.7. The zero-order chi connectivity index (χ0) is 17.2. The highest BCUT2D eigenvalue weighted by molar-refractivity contribution is 7.90. The van der Waals surface area contributed by atoms with Crippen LogP contribution < -0.4 is 0 Å². The van der Waals surface area contributed by atoms with E-state index in [1.165, 1.54) is 0 Å². The average molecular weight is 345 g/mol. The first-order chi connectivity index (χ1) is 11.5. The van der Waals surface area contributed by atoms with Crippen molar-refractivity contribution in [2.45, 2.75) is 37.7 Å². The predicted octanol–water partition coefficient (Wildman–Crippen LogP) is 2.16. The summed E-state index contributed by atoms with van der Waals surface area (Å²) in [5.74, 6) is 0.456. The third-order valence-electron chi connectivity index (χ3n) is 3.64. The second kappa shape index (κ2) is 6.56. The van der Waals surface area contributed by atoms with Gasteiger partial charge in [0.1, 0.15) is 5.82 Å². The minimum Gasteiger partial charge on any atom is -0.302 e. The summed E-state index contributed by atoms with van der Waals surface area (Å²) in [5, 5.41) is 12.0. The van der Waals surface area contributed by atoms with Crippen molar-refractivity contribution in [1.82, 2.24) is 24.5 Å². The number of hydrogen-bond donors (Lipinski definition) is 0. The van der Waals surface area contributed by atoms with Crippen molar-refractivity contribution in [3.63, 3.8) is 0 Å². The van der Waals surface area contributed by atoms with E-state index in [0.717, 1.165) is 12.1 Å². The van der Waals surface area contributed by atoms with Crippen LogP contribution in [0, 0.1) is 6.92 Å². The molecule has 2 heterocycles. The molecule has 0 aliphatic rings. The van der Waals surface area contributed by atoms with Crippen molar-refractivity contribution in [3.05, 3.63) is 54.1 Å². The van der Waals surface area contributed by atoms with Crippen molar-refractivity contribution >= 4 is 9.84 Å². The summed E-state index contributed by atoms with van der Waals surface area (Å²) in [5.41, 5.74) is 1.49. The van der Waals surface area contributed by atoms with Crippen LogP contribution in [0.4, 0.5) is 0 Å². The van der Waals surface area contributed by atoms with Gasteiger partial charge in [0, 0.05) is 18.3 Å². The Balaban J connectivity index is 1.87. The Bertz CT molecular complexity index is 929. The zero-order valence-electron chi connectivity index (χ0n) is 13.6. The van der Waals surface area contributed by atoms with E-state index >= 15 is 0 Å². The molecule has 0 aliphatic heterocycles. The summed E-state index contributed by atoms with van der Waals surface area (Å²) >= 11 is 0. The number of benzene rings is 1. The van der Waals surface area contributed by atoms with Crippen LogP contribution in [0.5, 0.6) is 0 Å². The van der Waals surface area contributed by atoms with Crippen LogP contribution in [-0.4, -0.2) is 33.0 Å². The lowest BCUT2D eigenvalue weighted by Crippen LogP contribution is -2.13. The molecule has 0 saturated carbocycles. The normalized spacial score (nSPS) is 11.8. The Morgan fingerprint density at radius 3 is 2.58 bits per heavy atom. The van der Waals surface area contributed by atoms with Crippen LogP contribution in [0.15, 0.2) is 47.9 Å². The molecule has 0 fully saturated rings. The molecule has 1 aromatic carbocycles. The molecule has 0 amide bonds. The third-order valence-corrected chi connectivity index (χ3v) is 5.21. The Kier molecular flexibility index (Phi) is 4.48. The SMILES string of the molecule is CCCn1c(C)nnc1S(=O)(=O)Cc1cnn(-c2ccccc2)c1. The number of para-hydroxylation sites is 1. The maximum Gasteiger partial charge on any atom is 0.250 e. The second-order valence-electron chi connectivity index (χ2n) is 5.57. The van der Waals surface area contributed by atoms with Gasteiger partial charge in [-0.05, 0) is 25.5 Å². The molecule has 126 valence electrons. The topological polar surface area (TPSA) is 82.7 Å². The van der Waals surface area contributed by atoms with E-state index in [1.54, 1.807) is 28.6 Å². The van der Waals surface area contributed by atoms with Crippen molar-refractivity contribution in [1.29, 1.82) is 0 Å². The summed E-state index contributed by atoms with van der Waals surface area (Å²) in [6.45, 7) is 4.32. The van der Waals surface area contributed by atoms with Gasteiger partial charge < -0.3 is 4.57 Å². The minimum atomic E-state index is -3.58. The number of sulfone groups is 1. The molecule has 0 atom stereocenters. The molecule has 0 unspecified atom stereocenters. The summed E-state index contributed by atoms with van der Waals surface area (Å²) in [6, 6.07) is 9.55. The summed E-state index contributed by atoms with van der Waals surface area (Å²) in [6.07, 6.45) is 4.10. The Morgan fingerprint density at radius 1 is 1.12 bits per heavy atom. The number of hydrogen-bond acceptors (Lipinski definition) is 5. The quantitative estimate of drug-likeness (QED) is 0.684. The van der Waals surface area contributed by atoms with Gasteiger partial charge in [-0.3, -0.25) is 0 Å². The van der Waals surface area contributed by atoms with Crippen molar-refractivity contribution in [2.24, 2.45) is 0 Å². The van der Waals surface area contributed by atoms with E-state index in [0.29, 0.717) is 17.9 Å². The largest absolute Gasteiger partial charge is 0.302 e. The number of nitrogens with zero attached hydrogens (tertiary/aromatic N) is 5. The molecule has 24 heavy (non-hydrogen) atoms. The fraction of sp³-hybridized carbons (Fsp3) is 0.312. The van der Waals surface area contributed by atoms with Crippen molar-refractivity contribution in [3.8, 4) is 5.69 Å². The summed E-state index contributed by atoms with van der Waals surface area (Å²) < 4.78 is 28.7. The number of aryl methyl sites for hydroxylation is 1. The van der Waals surface area contributed by atoms with E-state index in [9.17, 15) is 8.42 Å². The minimum absolute atomic E-state index is 0.0225. The molecular weight excluding hydrogens is 326 g/mol. The van der Waals surface area contributed by atoms with Crippen LogP contribution in [-0.2, 0) is 22.1 Å². The molecular formula is C16H19N5O2S. The Labute approximate surface area is 140 Å². The van der Waals surface area contributed by atoms with Gasteiger partial charge in [-0.1, -0.05) is 25.1 Å². The molecule has 0 bridgehead atoms. The molecule has 0 N–H and O–H groups in total. The van der Waals surface area contributed by atoms with Gasteiger partial charge in [0.05, 0.1) is 17.6 Å². The lowest BCUT2D eigenvalue weighted by atomic mass is 10.3. The first-order valence-corrected chi connectivity index (χ1v) is 9.38. The van der Waals surface area contributed by atoms with E-state index < -0.39 is 9.84 Å². The summed E-state index contributed by atoms with van der Waals surface area (Å²) in [7, 11) is -3.58. The summed E-state index contributed by atoms with van der Waals surface area (Å²) in [4.78, 5) is 0. The lowest BCUT2D eigenvalue weighted by molar-refractivity contribution is 0.551. The third kappa shape index (κ3) is 3.23. The lowest BCUT2D eigenvalue weighted by Gasteiger charge is -2.07. The van der Waals surface area contributed by atoms with Crippen LogP contribution in [0.25, 0.3) is 5.69 Å². The van der Waals surface area contributed by atoms with Crippen LogP contribution in [0.3, 0.4) is 0 Å². The van der Waals surface area contributed by atoms with Gasteiger partial charge >= 0.3 is 0 Å². The van der Waals surface area contributed by atoms with Crippen LogP contribution in [0.1, 0.15) is 24.7 Å². The first kappa shape index (κ1) is 16.4. The fourth-order valence-electron chi connectivity index (χ4n) is 2.51. The monoisotopic (exact) mass is 345 g/mol. The maximum absolute atomic E-state index is 12.7. The second-order valence-corrected chi connectivity index (χ2v) is 7.45. The first-order valence-electron chi connectivity index (χ1n) is 7.73. The molecule has 3 rings (SSSR count). The highest BCUT2D eigenvalue weighted by atomic mass is 32.2. The van der Waals surface area contributed by atoms with Gasteiger partial charge in [-0.2, -0.15) is 5.10 Å². The van der Waals surface area contributed by atoms with Crippen molar-refractivity contribution in [2.75, 3.05) is 0 Å². The van der Waals surface area contributed by atoms with E-state index in [2.05, 4.69) is 15.3 Å². The Morgan fingerprint density at radius 2 is 1.88 bits per heavy atom. The molecule has 0 aliphatic carbocycles. The molecule has 3 aromatic rings. The van der Waals surface area contributed by atoms with E-state index in [-0.39, 0.29) is 10.9 Å². The molecule has 2 aromatic heterocycles. The standard InChI is InChI=1S/C16H19N5O2S/c1-3-9-20-13(2)18-19-16(20)24(22,23)12-14-10-17-21(11-14)15-7-5-4-6-8-15/h4-8,10-11H,3,9,12H2,1-2H3. The smallest absolute Gasteiger partial charge is 0.250 e. The molecule has 0 radical (unpaired) electrons. The molecule has 0 spiro atoms. The molecule has 0 saturated heterocycles. The number of rotatable bonds is 6. The van der Waals surface area contributed by atoms with Gasteiger partial charge in [0.15, 0.2) is 0 Å². The molecule has 7 nitrogen and oxygen atoms in total. The highest BCUT2D eigenvalue weighted by Gasteiger charge is 2.24. The van der Waals surface area contributed by atoms with Crippen molar-refractivity contribution < 1.29 is 8.42 Å². The fourth-order valence-corrected chi connectivity index (χ4v) is 3.95. The van der Waals surface area contributed by atoms with Gasteiger partial charge in [0.25, 0.3) is 0 Å². The highest BCUT2D eigenvalue weighted by Crippen LogP contribution is 2.17. The predicted molar refractivity (Wildman–Crippen MR) is 89.5 cm³/mol. The van der Waals surface area contributed by atoms with Gasteiger partial charge in [-0.25, -0.2) is 13.1 Å². The van der Waals surface area contributed by atoms with Gasteiger partial charge in [-0.15, -0.1) is 10.2 Å². The van der Waals surface area contributed by atoms with E-state index in [1.807, 2.05) is 37.3 Å². The zero-order valence-corrected chi connectivity index (χ0v) is 14.4. The number of aromatic nitrogens is 5.